The van der Waals surface area contributed by atoms with E-state index in [2.05, 4.69) is 43.2 Å². The number of thiol groups is 1. The van der Waals surface area contributed by atoms with Gasteiger partial charge in [0, 0.05) is 12.6 Å². The smallest absolute Gasteiger partial charge is 0.203 e. The molecule has 3 atom stereocenters. The van der Waals surface area contributed by atoms with Gasteiger partial charge in [-0.1, -0.05) is 18.6 Å². The molecule has 1 aliphatic heterocycles. The van der Waals surface area contributed by atoms with Crippen LogP contribution >= 0.6 is 12.6 Å². The molecule has 0 amide bonds. The summed E-state index contributed by atoms with van der Waals surface area (Å²) in [6.07, 6.45) is 3.21. The fourth-order valence-corrected chi connectivity index (χ4v) is 2.47. The number of hydrogen-bond donors (Lipinski definition) is 3. The molecule has 1 heterocycles. The molecule has 15 heavy (non-hydrogen) atoms. The highest BCUT2D eigenvalue weighted by Crippen LogP contribution is 2.20. The molecular formula is C11H20N2OS. The lowest BCUT2D eigenvalue weighted by Crippen LogP contribution is -2.49. The lowest BCUT2D eigenvalue weighted by atomic mass is 9.88. The van der Waals surface area contributed by atoms with Crippen molar-refractivity contribution in [3.8, 4) is 0 Å². The fourth-order valence-electron chi connectivity index (χ4n) is 2.10. The average molecular weight is 228 g/mol. The molecule has 0 saturated carbocycles. The highest BCUT2D eigenvalue weighted by Gasteiger charge is 2.28. The van der Waals surface area contributed by atoms with Crippen LogP contribution in [0.25, 0.3) is 0 Å². The molecule has 3 nitrogen and oxygen atoms in total. The molecule has 1 rings (SSSR count). The van der Waals surface area contributed by atoms with Crippen molar-refractivity contribution in [2.24, 2.45) is 5.92 Å². The molecule has 0 spiro atoms. The van der Waals surface area contributed by atoms with E-state index < -0.39 is 0 Å². The van der Waals surface area contributed by atoms with E-state index in [0.29, 0.717) is 6.04 Å². The minimum atomic E-state index is -0.170. The fraction of sp³-hybridized carbons (Fsp3) is 0.727. The first-order valence-electron chi connectivity index (χ1n) is 5.35. The summed E-state index contributed by atoms with van der Waals surface area (Å²) >= 11 is 3.91. The van der Waals surface area contributed by atoms with Gasteiger partial charge in [-0.3, -0.25) is 4.79 Å². The zero-order chi connectivity index (χ0) is 11.4. The van der Waals surface area contributed by atoms with Crippen molar-refractivity contribution in [1.29, 1.82) is 0 Å². The zero-order valence-corrected chi connectivity index (χ0v) is 10.5. The third-order valence-corrected chi connectivity index (χ3v) is 3.39. The molecule has 0 aromatic rings. The van der Waals surface area contributed by atoms with Crippen LogP contribution in [0, 0.1) is 5.92 Å². The molecule has 0 fully saturated rings. The Morgan fingerprint density at radius 1 is 1.73 bits per heavy atom. The van der Waals surface area contributed by atoms with Gasteiger partial charge < -0.3 is 10.6 Å². The number of likely N-dealkylation sites (N-methyl/N-ethyl adjacent to an activating group) is 1. The third kappa shape index (κ3) is 3.33. The SMILES string of the molecule is CN[C@@H](C(=O)S)C(C)C1CC(C)=CCN1. The minimum Gasteiger partial charge on any atom is -0.310 e. The highest BCUT2D eigenvalue weighted by molar-refractivity contribution is 7.96. The highest BCUT2D eigenvalue weighted by atomic mass is 32.1. The molecule has 2 unspecified atom stereocenters. The quantitative estimate of drug-likeness (QED) is 0.496. The van der Waals surface area contributed by atoms with Crippen molar-refractivity contribution in [1.82, 2.24) is 10.6 Å². The number of rotatable bonds is 4. The Kier molecular flexibility index (Phi) is 4.83. The van der Waals surface area contributed by atoms with E-state index >= 15 is 0 Å². The van der Waals surface area contributed by atoms with E-state index in [1.807, 2.05) is 0 Å². The van der Waals surface area contributed by atoms with Crippen LogP contribution in [-0.4, -0.2) is 30.8 Å². The van der Waals surface area contributed by atoms with Gasteiger partial charge >= 0.3 is 0 Å². The van der Waals surface area contributed by atoms with Crippen LogP contribution in [0.1, 0.15) is 20.3 Å². The lowest BCUT2D eigenvalue weighted by molar-refractivity contribution is -0.113. The molecule has 1 aliphatic rings. The topological polar surface area (TPSA) is 41.1 Å². The van der Waals surface area contributed by atoms with Gasteiger partial charge in [0.25, 0.3) is 0 Å². The monoisotopic (exact) mass is 228 g/mol. The van der Waals surface area contributed by atoms with Gasteiger partial charge in [-0.25, -0.2) is 0 Å². The van der Waals surface area contributed by atoms with Crippen LogP contribution in [0.5, 0.6) is 0 Å². The summed E-state index contributed by atoms with van der Waals surface area (Å²) in [6, 6.07) is 0.195. The van der Waals surface area contributed by atoms with Gasteiger partial charge in [-0.2, -0.15) is 0 Å². The Labute approximate surface area is 97.1 Å². The van der Waals surface area contributed by atoms with E-state index in [9.17, 15) is 4.79 Å². The summed E-state index contributed by atoms with van der Waals surface area (Å²) in [5.74, 6) is 0.253. The number of hydrogen-bond acceptors (Lipinski definition) is 3. The second kappa shape index (κ2) is 5.68. The maximum absolute atomic E-state index is 11.3. The van der Waals surface area contributed by atoms with Crippen LogP contribution in [0.4, 0.5) is 0 Å². The number of carbonyl (C=O) groups excluding carboxylic acids is 1. The van der Waals surface area contributed by atoms with Crippen LogP contribution in [0.2, 0.25) is 0 Å². The van der Waals surface area contributed by atoms with E-state index in [4.69, 9.17) is 0 Å². The van der Waals surface area contributed by atoms with Crippen molar-refractivity contribution in [3.05, 3.63) is 11.6 Å². The predicted octanol–water partition coefficient (Wildman–Crippen LogP) is 0.975. The van der Waals surface area contributed by atoms with Crippen LogP contribution in [0.15, 0.2) is 11.6 Å². The van der Waals surface area contributed by atoms with Gasteiger partial charge in [-0.05, 0) is 26.3 Å². The van der Waals surface area contributed by atoms with E-state index in [1.165, 1.54) is 5.57 Å². The second-order valence-electron chi connectivity index (χ2n) is 4.23. The van der Waals surface area contributed by atoms with Crippen LogP contribution in [-0.2, 0) is 4.79 Å². The first kappa shape index (κ1) is 12.7. The largest absolute Gasteiger partial charge is 0.310 e. The van der Waals surface area contributed by atoms with E-state index in [1.54, 1.807) is 7.05 Å². The second-order valence-corrected chi connectivity index (χ2v) is 4.67. The summed E-state index contributed by atoms with van der Waals surface area (Å²) in [5, 5.41) is 6.36. The Bertz CT molecular complexity index is 265. The van der Waals surface area contributed by atoms with Crippen molar-refractivity contribution in [2.75, 3.05) is 13.6 Å². The predicted molar refractivity (Wildman–Crippen MR) is 66.2 cm³/mol. The summed E-state index contributed by atoms with van der Waals surface area (Å²) in [4.78, 5) is 11.3. The molecule has 0 bridgehead atoms. The Morgan fingerprint density at radius 3 is 2.87 bits per heavy atom. The van der Waals surface area contributed by atoms with Gasteiger partial charge in [0.2, 0.25) is 5.12 Å². The van der Waals surface area contributed by atoms with Crippen LogP contribution < -0.4 is 10.6 Å². The molecule has 0 radical (unpaired) electrons. The Morgan fingerprint density at radius 2 is 2.40 bits per heavy atom. The summed E-state index contributed by atoms with van der Waals surface area (Å²) in [6.45, 7) is 5.13. The average Bonchev–Trinajstić information content (AvgIpc) is 2.18. The maximum Gasteiger partial charge on any atom is 0.203 e. The first-order valence-corrected chi connectivity index (χ1v) is 5.80. The molecule has 2 N–H and O–H groups in total. The van der Waals surface area contributed by atoms with Crippen LogP contribution in [0.3, 0.4) is 0 Å². The van der Waals surface area contributed by atoms with E-state index in [-0.39, 0.29) is 17.1 Å². The van der Waals surface area contributed by atoms with Crippen molar-refractivity contribution >= 4 is 17.7 Å². The maximum atomic E-state index is 11.3. The molecule has 0 saturated heterocycles. The van der Waals surface area contributed by atoms with Gasteiger partial charge in [0.1, 0.15) is 0 Å². The molecule has 0 aliphatic carbocycles. The van der Waals surface area contributed by atoms with Crippen molar-refractivity contribution in [3.63, 3.8) is 0 Å². The normalized spacial score (nSPS) is 25.6. The van der Waals surface area contributed by atoms with Gasteiger partial charge in [0.15, 0.2) is 0 Å². The zero-order valence-electron chi connectivity index (χ0n) is 9.58. The lowest BCUT2D eigenvalue weighted by Gasteiger charge is -2.32. The van der Waals surface area contributed by atoms with Gasteiger partial charge in [0.05, 0.1) is 6.04 Å². The standard InChI is InChI=1S/C11H20N2OS/c1-7-4-5-13-9(6-7)8(2)10(12-3)11(14)15/h4,8-10,12-13H,5-6H2,1-3H3,(H,14,15)/t8?,9?,10-/m1/s1. The first-order chi connectivity index (χ1) is 7.06. The van der Waals surface area contributed by atoms with Crippen molar-refractivity contribution in [2.45, 2.75) is 32.4 Å². The third-order valence-electron chi connectivity index (χ3n) is 3.11. The summed E-state index contributed by atoms with van der Waals surface area (Å²) < 4.78 is 0. The van der Waals surface area contributed by atoms with Gasteiger partial charge in [-0.15, -0.1) is 12.6 Å². The minimum absolute atomic E-state index is 0.0843. The van der Waals surface area contributed by atoms with Crippen molar-refractivity contribution < 1.29 is 4.79 Å². The molecule has 0 aromatic heterocycles. The molecule has 4 heteroatoms. The van der Waals surface area contributed by atoms with E-state index in [0.717, 1.165) is 13.0 Å². The Balaban J connectivity index is 2.63. The summed E-state index contributed by atoms with van der Waals surface area (Å²) in [7, 11) is 1.81. The molecule has 0 aromatic carbocycles. The summed E-state index contributed by atoms with van der Waals surface area (Å²) in [5.41, 5.74) is 1.40. The number of carbonyl (C=O) groups is 1. The molecular weight excluding hydrogens is 208 g/mol. The molecule has 86 valence electrons. The Hall–Kier alpha value is -0.320. The number of nitrogens with one attached hydrogen (secondary N) is 2.